The van der Waals surface area contributed by atoms with Crippen molar-refractivity contribution in [3.63, 3.8) is 0 Å². The molecule has 1 aliphatic carbocycles. The third-order valence-electron chi connectivity index (χ3n) is 3.78. The second-order valence-electron chi connectivity index (χ2n) is 5.37. The first kappa shape index (κ1) is 12.7. The van der Waals surface area contributed by atoms with Crippen LogP contribution in [0.1, 0.15) is 36.6 Å². The van der Waals surface area contributed by atoms with Gasteiger partial charge in [-0.15, -0.1) is 0 Å². The van der Waals surface area contributed by atoms with E-state index in [0.717, 1.165) is 37.2 Å². The minimum absolute atomic E-state index is 0.113. The summed E-state index contributed by atoms with van der Waals surface area (Å²) >= 11 is 6.15. The first-order valence-corrected chi connectivity index (χ1v) is 6.99. The molecule has 2 heterocycles. The molecule has 2 aliphatic rings. The molecule has 1 saturated heterocycles. The minimum Gasteiger partial charge on any atom is -0.358 e. The first-order valence-electron chi connectivity index (χ1n) is 6.62. The number of carbonyl (C=O) groups is 1. The highest BCUT2D eigenvalue weighted by atomic mass is 35.5. The Morgan fingerprint density at radius 1 is 1.32 bits per heavy atom. The lowest BCUT2D eigenvalue weighted by Crippen LogP contribution is -2.31. The molecular weight excluding hydrogens is 264 g/mol. The molecule has 0 spiro atoms. The number of amides is 1. The third kappa shape index (κ3) is 2.39. The van der Waals surface area contributed by atoms with Crippen LogP contribution in [0, 0.1) is 6.92 Å². The van der Waals surface area contributed by atoms with Gasteiger partial charge < -0.3 is 10.2 Å². The highest BCUT2D eigenvalue weighted by Gasteiger charge is 2.31. The number of aromatic nitrogens is 2. The van der Waals surface area contributed by atoms with Gasteiger partial charge in [0, 0.05) is 25.1 Å². The number of likely N-dealkylation sites (tertiary alicyclic amines) is 1. The van der Waals surface area contributed by atoms with Gasteiger partial charge in [0.25, 0.3) is 0 Å². The van der Waals surface area contributed by atoms with Gasteiger partial charge in [0.15, 0.2) is 0 Å². The summed E-state index contributed by atoms with van der Waals surface area (Å²) in [6.45, 7) is 2.66. The maximum Gasteiger partial charge on any atom is 0.244 e. The number of carbonyl (C=O) groups excluding carboxylic acids is 1. The van der Waals surface area contributed by atoms with Crippen molar-refractivity contribution in [3.8, 4) is 0 Å². The van der Waals surface area contributed by atoms with E-state index < -0.39 is 0 Å². The quantitative estimate of drug-likeness (QED) is 0.860. The van der Waals surface area contributed by atoms with Gasteiger partial charge in [-0.3, -0.25) is 4.79 Å². The van der Waals surface area contributed by atoms with Gasteiger partial charge in [0.05, 0.1) is 0 Å². The first-order chi connectivity index (χ1) is 9.06. The van der Waals surface area contributed by atoms with Crippen LogP contribution in [0.15, 0.2) is 0 Å². The zero-order valence-corrected chi connectivity index (χ0v) is 11.9. The third-order valence-corrected chi connectivity index (χ3v) is 4.15. The largest absolute Gasteiger partial charge is 0.358 e. The van der Waals surface area contributed by atoms with Crippen LogP contribution in [0.2, 0.25) is 5.15 Å². The summed E-state index contributed by atoms with van der Waals surface area (Å²) in [5.41, 5.74) is 0.813. The Morgan fingerprint density at radius 2 is 2.05 bits per heavy atom. The average Bonchev–Trinajstić information content (AvgIpc) is 3.17. The fourth-order valence-corrected chi connectivity index (χ4v) is 2.47. The maximum absolute atomic E-state index is 11.9. The number of rotatable bonds is 3. The molecule has 102 valence electrons. The molecule has 0 bridgehead atoms. The van der Waals surface area contributed by atoms with Gasteiger partial charge in [-0.25, -0.2) is 9.97 Å². The summed E-state index contributed by atoms with van der Waals surface area (Å²) in [5, 5.41) is 3.71. The van der Waals surface area contributed by atoms with Crippen LogP contribution in [0.25, 0.3) is 0 Å². The number of nitrogens with one attached hydrogen (secondary N) is 1. The van der Waals surface area contributed by atoms with E-state index in [4.69, 9.17) is 11.6 Å². The molecule has 1 aromatic rings. The number of likely N-dealkylation sites (N-methyl/N-ethyl adjacent to an activating group) is 1. The molecule has 1 saturated carbocycles. The van der Waals surface area contributed by atoms with Crippen LogP contribution < -0.4 is 5.32 Å². The fraction of sp³-hybridized carbons (Fsp3) is 0.615. The second-order valence-corrected chi connectivity index (χ2v) is 5.72. The second kappa shape index (κ2) is 4.63. The zero-order chi connectivity index (χ0) is 13.6. The van der Waals surface area contributed by atoms with Gasteiger partial charge in [-0.1, -0.05) is 11.6 Å². The lowest BCUT2D eigenvalue weighted by atomic mass is 10.2. The predicted octanol–water partition coefficient (Wildman–Crippen LogP) is 1.96. The van der Waals surface area contributed by atoms with Gasteiger partial charge in [0.2, 0.25) is 5.91 Å². The Hall–Kier alpha value is -1.36. The van der Waals surface area contributed by atoms with Crippen LogP contribution in [0.5, 0.6) is 0 Å². The normalized spacial score (nSPS) is 23.0. The van der Waals surface area contributed by atoms with Gasteiger partial charge in [-0.2, -0.15) is 0 Å². The van der Waals surface area contributed by atoms with E-state index in [2.05, 4.69) is 15.3 Å². The number of hydrogen-bond acceptors (Lipinski definition) is 4. The Morgan fingerprint density at radius 3 is 2.63 bits per heavy atom. The van der Waals surface area contributed by atoms with Gasteiger partial charge >= 0.3 is 0 Å². The van der Waals surface area contributed by atoms with Crippen molar-refractivity contribution in [1.29, 1.82) is 0 Å². The van der Waals surface area contributed by atoms with E-state index in [0.29, 0.717) is 16.9 Å². The summed E-state index contributed by atoms with van der Waals surface area (Å²) in [4.78, 5) is 22.5. The van der Waals surface area contributed by atoms with Gasteiger partial charge in [0.1, 0.15) is 22.8 Å². The Balaban J connectivity index is 1.85. The number of hydrogen-bond donors (Lipinski definition) is 1. The topological polar surface area (TPSA) is 58.1 Å². The lowest BCUT2D eigenvalue weighted by Gasteiger charge is -2.15. The molecule has 1 amide bonds. The molecule has 1 aromatic heterocycles. The highest BCUT2D eigenvalue weighted by molar-refractivity contribution is 6.30. The molecular formula is C13H17ClN4O. The molecule has 1 atom stereocenters. The number of anilines is 1. The molecule has 6 heteroatoms. The molecule has 0 aromatic carbocycles. The summed E-state index contributed by atoms with van der Waals surface area (Å²) in [7, 11) is 1.82. The van der Waals surface area contributed by atoms with E-state index in [-0.39, 0.29) is 11.9 Å². The van der Waals surface area contributed by atoms with Crippen molar-refractivity contribution in [2.45, 2.75) is 38.1 Å². The van der Waals surface area contributed by atoms with Gasteiger partial charge in [-0.05, 0) is 26.2 Å². The van der Waals surface area contributed by atoms with Crippen LogP contribution in [0.3, 0.4) is 0 Å². The van der Waals surface area contributed by atoms with Crippen molar-refractivity contribution in [2.24, 2.45) is 0 Å². The Bertz CT molecular complexity index is 530. The molecule has 2 fully saturated rings. The molecule has 5 nitrogen and oxygen atoms in total. The van der Waals surface area contributed by atoms with Crippen LogP contribution in [-0.2, 0) is 4.79 Å². The van der Waals surface area contributed by atoms with Crippen molar-refractivity contribution < 1.29 is 4.79 Å². The molecule has 1 unspecified atom stereocenters. The SMILES string of the molecule is Cc1c(Cl)nc(C2CC2)nc1NC1CCN(C)C1=O. The van der Waals surface area contributed by atoms with Crippen LogP contribution in [-0.4, -0.2) is 40.4 Å². The molecule has 1 N–H and O–H groups in total. The average molecular weight is 281 g/mol. The number of nitrogens with zero attached hydrogens (tertiary/aromatic N) is 3. The van der Waals surface area contributed by atoms with Crippen molar-refractivity contribution in [1.82, 2.24) is 14.9 Å². The summed E-state index contributed by atoms with van der Waals surface area (Å²) in [5.74, 6) is 2.06. The Kier molecular flexibility index (Phi) is 3.09. The fourth-order valence-electron chi connectivity index (χ4n) is 2.29. The lowest BCUT2D eigenvalue weighted by molar-refractivity contribution is -0.127. The predicted molar refractivity (Wildman–Crippen MR) is 73.4 cm³/mol. The summed E-state index contributed by atoms with van der Waals surface area (Å²) in [6.07, 6.45) is 3.06. The summed E-state index contributed by atoms with van der Waals surface area (Å²) < 4.78 is 0. The maximum atomic E-state index is 11.9. The van der Waals surface area contributed by atoms with E-state index in [1.807, 2.05) is 14.0 Å². The zero-order valence-electron chi connectivity index (χ0n) is 11.1. The smallest absolute Gasteiger partial charge is 0.244 e. The molecule has 19 heavy (non-hydrogen) atoms. The number of halogens is 1. The molecule has 1 aliphatic heterocycles. The van der Waals surface area contributed by atoms with Crippen molar-refractivity contribution in [3.05, 3.63) is 16.5 Å². The van der Waals surface area contributed by atoms with E-state index in [1.165, 1.54) is 0 Å². The van der Waals surface area contributed by atoms with Crippen LogP contribution >= 0.6 is 11.6 Å². The summed E-state index contributed by atoms with van der Waals surface area (Å²) in [6, 6.07) is -0.193. The monoisotopic (exact) mass is 280 g/mol. The van der Waals surface area contributed by atoms with E-state index in [9.17, 15) is 4.79 Å². The van der Waals surface area contributed by atoms with E-state index in [1.54, 1.807) is 4.90 Å². The van der Waals surface area contributed by atoms with Crippen molar-refractivity contribution >= 4 is 23.3 Å². The Labute approximate surface area is 117 Å². The minimum atomic E-state index is -0.193. The van der Waals surface area contributed by atoms with Crippen molar-refractivity contribution in [2.75, 3.05) is 18.9 Å². The standard InChI is InChI=1S/C13H17ClN4O/c1-7-10(14)16-12(8-3-4-8)17-11(7)15-9-5-6-18(2)13(9)19/h8-9H,3-6H2,1-2H3,(H,15,16,17). The molecule has 0 radical (unpaired) electrons. The van der Waals surface area contributed by atoms with E-state index >= 15 is 0 Å². The highest BCUT2D eigenvalue weighted by Crippen LogP contribution is 2.39. The van der Waals surface area contributed by atoms with Crippen LogP contribution in [0.4, 0.5) is 5.82 Å². The molecule has 3 rings (SSSR count).